The Morgan fingerprint density at radius 2 is 2.05 bits per heavy atom. The van der Waals surface area contributed by atoms with Gasteiger partial charge >= 0.3 is 5.00 Å². The van der Waals surface area contributed by atoms with E-state index in [-0.39, 0.29) is 9.92 Å². The van der Waals surface area contributed by atoms with Gasteiger partial charge < -0.3 is 10.4 Å². The molecular weight excluding hydrogens is 264 g/mol. The number of hydrogen-bond donors (Lipinski definition) is 2. The fraction of sp³-hybridized carbons (Fsp3) is 0.692. The van der Waals surface area contributed by atoms with Gasteiger partial charge in [0.2, 0.25) is 0 Å². The maximum absolute atomic E-state index is 10.6. The van der Waals surface area contributed by atoms with Gasteiger partial charge in [0.1, 0.15) is 0 Å². The van der Waals surface area contributed by atoms with Crippen LogP contribution in [0, 0.1) is 10.1 Å². The van der Waals surface area contributed by atoms with Gasteiger partial charge in [0.05, 0.1) is 10.5 Å². The van der Waals surface area contributed by atoms with Crippen molar-refractivity contribution in [3.63, 3.8) is 0 Å². The molecule has 106 valence electrons. The fourth-order valence-corrected chi connectivity index (χ4v) is 3.28. The first-order valence-corrected chi connectivity index (χ1v) is 7.62. The van der Waals surface area contributed by atoms with Crippen LogP contribution in [0.1, 0.15) is 44.1 Å². The SMILES string of the molecule is O=[N+]([O-])c1cc(CNCC2(O)CCCCCC2)cs1. The van der Waals surface area contributed by atoms with E-state index in [1.165, 1.54) is 12.8 Å². The Labute approximate surface area is 116 Å². The van der Waals surface area contributed by atoms with Crippen LogP contribution in [0.25, 0.3) is 0 Å². The smallest absolute Gasteiger partial charge is 0.324 e. The average molecular weight is 284 g/mol. The second-order valence-electron chi connectivity index (χ2n) is 5.29. The molecule has 0 atom stereocenters. The molecule has 1 aliphatic carbocycles. The van der Waals surface area contributed by atoms with E-state index in [9.17, 15) is 15.2 Å². The lowest BCUT2D eigenvalue weighted by atomic mass is 9.94. The summed E-state index contributed by atoms with van der Waals surface area (Å²) in [6.07, 6.45) is 6.29. The molecule has 6 heteroatoms. The van der Waals surface area contributed by atoms with Crippen molar-refractivity contribution in [3.05, 3.63) is 27.1 Å². The van der Waals surface area contributed by atoms with Crippen LogP contribution in [0.3, 0.4) is 0 Å². The number of rotatable bonds is 5. The van der Waals surface area contributed by atoms with E-state index in [0.29, 0.717) is 13.1 Å². The molecule has 0 saturated heterocycles. The summed E-state index contributed by atoms with van der Waals surface area (Å²) in [5, 5.41) is 26.2. The predicted molar refractivity (Wildman–Crippen MR) is 75.3 cm³/mol. The van der Waals surface area contributed by atoms with Gasteiger partial charge in [0.25, 0.3) is 0 Å². The minimum Gasteiger partial charge on any atom is -0.389 e. The predicted octanol–water partition coefficient (Wildman–Crippen LogP) is 2.83. The largest absolute Gasteiger partial charge is 0.389 e. The number of nitrogens with one attached hydrogen (secondary N) is 1. The molecule has 0 radical (unpaired) electrons. The highest BCUT2D eigenvalue weighted by molar-refractivity contribution is 7.13. The van der Waals surface area contributed by atoms with Crippen molar-refractivity contribution >= 4 is 16.3 Å². The van der Waals surface area contributed by atoms with Crippen molar-refractivity contribution in [3.8, 4) is 0 Å². The van der Waals surface area contributed by atoms with Crippen LogP contribution >= 0.6 is 11.3 Å². The van der Waals surface area contributed by atoms with Crippen LogP contribution in [-0.4, -0.2) is 22.2 Å². The molecule has 2 N–H and O–H groups in total. The van der Waals surface area contributed by atoms with Gasteiger partial charge in [-0.25, -0.2) is 0 Å². The minimum atomic E-state index is -0.599. The highest BCUT2D eigenvalue weighted by Gasteiger charge is 2.27. The van der Waals surface area contributed by atoms with E-state index >= 15 is 0 Å². The highest BCUT2D eigenvalue weighted by Crippen LogP contribution is 2.27. The van der Waals surface area contributed by atoms with Crippen LogP contribution in [0.15, 0.2) is 11.4 Å². The van der Waals surface area contributed by atoms with Gasteiger partial charge in [0.15, 0.2) is 0 Å². The summed E-state index contributed by atoms with van der Waals surface area (Å²) < 4.78 is 0. The van der Waals surface area contributed by atoms with Gasteiger partial charge in [-0.05, 0) is 18.4 Å². The Morgan fingerprint density at radius 3 is 2.63 bits per heavy atom. The molecule has 1 aromatic rings. The minimum absolute atomic E-state index is 0.171. The van der Waals surface area contributed by atoms with Crippen LogP contribution in [0.4, 0.5) is 5.00 Å². The van der Waals surface area contributed by atoms with Crippen LogP contribution in [-0.2, 0) is 6.54 Å². The molecule has 5 nitrogen and oxygen atoms in total. The second kappa shape index (κ2) is 6.45. The van der Waals surface area contributed by atoms with Gasteiger partial charge in [-0.2, -0.15) is 0 Å². The molecule has 1 fully saturated rings. The summed E-state index contributed by atoms with van der Waals surface area (Å²) >= 11 is 1.14. The zero-order valence-electron chi connectivity index (χ0n) is 10.9. The quantitative estimate of drug-likeness (QED) is 0.495. The molecule has 0 bridgehead atoms. The zero-order valence-corrected chi connectivity index (χ0v) is 11.7. The summed E-state index contributed by atoms with van der Waals surface area (Å²) in [5.74, 6) is 0. The van der Waals surface area contributed by atoms with Gasteiger partial charge in [-0.1, -0.05) is 37.0 Å². The third kappa shape index (κ3) is 4.26. The van der Waals surface area contributed by atoms with Crippen LogP contribution < -0.4 is 5.32 Å². The molecule has 0 unspecified atom stereocenters. The second-order valence-corrected chi connectivity index (χ2v) is 6.18. The number of nitrogens with zero attached hydrogens (tertiary/aromatic N) is 1. The average Bonchev–Trinajstić information content (AvgIpc) is 2.73. The Hall–Kier alpha value is -0.980. The lowest BCUT2D eigenvalue weighted by Gasteiger charge is -2.26. The molecule has 1 aliphatic rings. The number of aliphatic hydroxyl groups is 1. The molecule has 2 rings (SSSR count). The van der Waals surface area contributed by atoms with Gasteiger partial charge in [-0.3, -0.25) is 10.1 Å². The van der Waals surface area contributed by atoms with Crippen LogP contribution in [0.2, 0.25) is 0 Å². The van der Waals surface area contributed by atoms with Crippen molar-refractivity contribution in [1.29, 1.82) is 0 Å². The van der Waals surface area contributed by atoms with Crippen molar-refractivity contribution in [2.45, 2.75) is 50.7 Å². The molecule has 1 heterocycles. The van der Waals surface area contributed by atoms with Gasteiger partial charge in [-0.15, -0.1) is 0 Å². The first kappa shape index (κ1) is 14.4. The fourth-order valence-electron chi connectivity index (χ4n) is 2.55. The molecule has 19 heavy (non-hydrogen) atoms. The molecule has 0 aliphatic heterocycles. The van der Waals surface area contributed by atoms with E-state index in [2.05, 4.69) is 5.32 Å². The molecule has 0 amide bonds. The summed E-state index contributed by atoms with van der Waals surface area (Å²) in [6.45, 7) is 1.14. The normalized spacial score (nSPS) is 19.0. The van der Waals surface area contributed by atoms with E-state index in [4.69, 9.17) is 0 Å². The van der Waals surface area contributed by atoms with E-state index in [1.807, 2.05) is 0 Å². The Kier molecular flexibility index (Phi) is 4.90. The maximum Gasteiger partial charge on any atom is 0.324 e. The molecule has 1 aromatic heterocycles. The first-order chi connectivity index (χ1) is 9.09. The number of thiophene rings is 1. The van der Waals surface area contributed by atoms with E-state index in [0.717, 1.165) is 42.6 Å². The van der Waals surface area contributed by atoms with Crippen molar-refractivity contribution in [2.24, 2.45) is 0 Å². The standard InChI is InChI=1S/C13H20N2O3S/c16-13(5-3-1-2-4-6-13)10-14-8-11-7-12(15(17)18)19-9-11/h7,9,14,16H,1-6,8,10H2. The molecular formula is C13H20N2O3S. The monoisotopic (exact) mass is 284 g/mol. The third-order valence-electron chi connectivity index (χ3n) is 3.64. The third-order valence-corrected chi connectivity index (χ3v) is 4.57. The molecule has 1 saturated carbocycles. The van der Waals surface area contributed by atoms with Gasteiger partial charge in [0, 0.05) is 24.5 Å². The van der Waals surface area contributed by atoms with Crippen molar-refractivity contribution in [2.75, 3.05) is 6.54 Å². The lowest BCUT2D eigenvalue weighted by molar-refractivity contribution is -0.380. The summed E-state index contributed by atoms with van der Waals surface area (Å²) in [5.41, 5.74) is 0.312. The van der Waals surface area contributed by atoms with Crippen LogP contribution in [0.5, 0.6) is 0 Å². The maximum atomic E-state index is 10.6. The summed E-state index contributed by atoms with van der Waals surface area (Å²) in [7, 11) is 0. The summed E-state index contributed by atoms with van der Waals surface area (Å²) in [4.78, 5) is 10.2. The Bertz CT molecular complexity index is 425. The van der Waals surface area contributed by atoms with Crippen molar-refractivity contribution < 1.29 is 10.0 Å². The lowest BCUT2D eigenvalue weighted by Crippen LogP contribution is -2.39. The Balaban J connectivity index is 1.80. The number of nitro groups is 1. The van der Waals surface area contributed by atoms with Crippen molar-refractivity contribution in [1.82, 2.24) is 5.32 Å². The number of hydrogen-bond acceptors (Lipinski definition) is 5. The zero-order chi connectivity index (χ0) is 13.7. The first-order valence-electron chi connectivity index (χ1n) is 6.74. The Morgan fingerprint density at radius 1 is 1.37 bits per heavy atom. The highest BCUT2D eigenvalue weighted by atomic mass is 32.1. The summed E-state index contributed by atoms with van der Waals surface area (Å²) in [6, 6.07) is 1.59. The topological polar surface area (TPSA) is 75.4 Å². The molecule has 0 spiro atoms. The van der Waals surface area contributed by atoms with E-state index in [1.54, 1.807) is 11.4 Å². The van der Waals surface area contributed by atoms with E-state index < -0.39 is 5.60 Å². The molecule has 0 aromatic carbocycles.